The van der Waals surface area contributed by atoms with Crippen molar-refractivity contribution in [3.8, 4) is 5.75 Å². The van der Waals surface area contributed by atoms with Crippen LogP contribution in [0, 0.1) is 5.82 Å². The molecule has 0 radical (unpaired) electrons. The Kier molecular flexibility index (Phi) is 3.62. The van der Waals surface area contributed by atoms with Crippen molar-refractivity contribution in [2.75, 3.05) is 5.73 Å². The molecule has 3 aromatic rings. The number of aromatic nitrogens is 1. The normalized spacial score (nSPS) is 10.8. The Morgan fingerprint density at radius 1 is 1.14 bits per heavy atom. The van der Waals surface area contributed by atoms with Crippen LogP contribution in [-0.2, 0) is 6.61 Å². The fourth-order valence-electron chi connectivity index (χ4n) is 2.11. The zero-order chi connectivity index (χ0) is 14.8. The van der Waals surface area contributed by atoms with Gasteiger partial charge in [0.25, 0.3) is 0 Å². The number of anilines is 1. The Labute approximate surface area is 126 Å². The first-order chi connectivity index (χ1) is 10.2. The van der Waals surface area contributed by atoms with Gasteiger partial charge in [-0.2, -0.15) is 0 Å². The molecule has 5 heteroatoms. The lowest BCUT2D eigenvalue weighted by Gasteiger charge is -2.11. The highest BCUT2D eigenvalue weighted by molar-refractivity contribution is 6.31. The third kappa shape index (κ3) is 2.62. The van der Waals surface area contributed by atoms with E-state index in [1.165, 1.54) is 6.07 Å². The van der Waals surface area contributed by atoms with Crippen LogP contribution in [0.25, 0.3) is 10.9 Å². The van der Waals surface area contributed by atoms with Crippen molar-refractivity contribution in [1.82, 2.24) is 4.98 Å². The monoisotopic (exact) mass is 302 g/mol. The molecule has 21 heavy (non-hydrogen) atoms. The Morgan fingerprint density at radius 2 is 2.00 bits per heavy atom. The third-order valence-electron chi connectivity index (χ3n) is 3.20. The van der Waals surface area contributed by atoms with E-state index in [-0.39, 0.29) is 6.61 Å². The lowest BCUT2D eigenvalue weighted by Crippen LogP contribution is -2.01. The summed E-state index contributed by atoms with van der Waals surface area (Å²) in [5.74, 6) is 0.148. The number of hydrogen-bond acceptors (Lipinski definition) is 3. The molecule has 3 rings (SSSR count). The van der Waals surface area contributed by atoms with Gasteiger partial charge in [-0.3, -0.25) is 4.98 Å². The Morgan fingerprint density at radius 3 is 2.81 bits per heavy atom. The van der Waals surface area contributed by atoms with Crippen LogP contribution < -0.4 is 10.5 Å². The molecule has 0 fully saturated rings. The molecule has 106 valence electrons. The molecule has 1 aromatic heterocycles. The molecular weight excluding hydrogens is 291 g/mol. The molecule has 0 saturated carbocycles. The average molecular weight is 303 g/mol. The highest BCUT2D eigenvalue weighted by Crippen LogP contribution is 2.29. The van der Waals surface area contributed by atoms with Crippen LogP contribution >= 0.6 is 11.6 Å². The minimum Gasteiger partial charge on any atom is -0.486 e. The third-order valence-corrected chi connectivity index (χ3v) is 3.55. The number of nitrogen functional groups attached to an aromatic ring is 1. The first-order valence-electron chi connectivity index (χ1n) is 6.35. The highest BCUT2D eigenvalue weighted by atomic mass is 35.5. The van der Waals surface area contributed by atoms with E-state index in [2.05, 4.69) is 4.98 Å². The van der Waals surface area contributed by atoms with E-state index in [4.69, 9.17) is 22.1 Å². The zero-order valence-electron chi connectivity index (χ0n) is 11.0. The molecule has 2 N–H and O–H groups in total. The van der Waals surface area contributed by atoms with Gasteiger partial charge >= 0.3 is 0 Å². The van der Waals surface area contributed by atoms with E-state index in [9.17, 15) is 4.39 Å². The van der Waals surface area contributed by atoms with Crippen LogP contribution in [0.5, 0.6) is 5.75 Å². The first kappa shape index (κ1) is 13.6. The quantitative estimate of drug-likeness (QED) is 0.738. The van der Waals surface area contributed by atoms with Crippen molar-refractivity contribution in [3.63, 3.8) is 0 Å². The van der Waals surface area contributed by atoms with Gasteiger partial charge in [-0.1, -0.05) is 17.7 Å². The number of halogens is 2. The van der Waals surface area contributed by atoms with E-state index < -0.39 is 5.82 Å². The van der Waals surface area contributed by atoms with Crippen LogP contribution in [0.3, 0.4) is 0 Å². The second-order valence-corrected chi connectivity index (χ2v) is 4.95. The van der Waals surface area contributed by atoms with E-state index in [0.717, 1.165) is 5.39 Å². The van der Waals surface area contributed by atoms with Crippen LogP contribution in [0.15, 0.2) is 48.7 Å². The highest BCUT2D eigenvalue weighted by Gasteiger charge is 2.10. The first-order valence-corrected chi connectivity index (χ1v) is 6.73. The number of nitrogens with two attached hydrogens (primary N) is 1. The molecular formula is C16H12ClFN2O. The molecule has 0 aliphatic carbocycles. The molecule has 0 unspecified atom stereocenters. The molecule has 1 heterocycles. The van der Waals surface area contributed by atoms with Crippen molar-refractivity contribution < 1.29 is 9.13 Å². The van der Waals surface area contributed by atoms with Crippen LogP contribution in [0.4, 0.5) is 10.1 Å². The molecule has 0 saturated heterocycles. The number of rotatable bonds is 3. The summed E-state index contributed by atoms with van der Waals surface area (Å²) in [5.41, 5.74) is 7.49. The van der Waals surface area contributed by atoms with Crippen molar-refractivity contribution in [2.24, 2.45) is 0 Å². The van der Waals surface area contributed by atoms with Crippen molar-refractivity contribution >= 4 is 28.2 Å². The van der Waals surface area contributed by atoms with E-state index in [0.29, 0.717) is 27.5 Å². The lowest BCUT2D eigenvalue weighted by molar-refractivity contribution is 0.303. The van der Waals surface area contributed by atoms with Gasteiger partial charge in [0.2, 0.25) is 0 Å². The van der Waals surface area contributed by atoms with Crippen LogP contribution in [0.2, 0.25) is 5.02 Å². The number of nitrogens with zero attached hydrogens (tertiary/aromatic N) is 1. The zero-order valence-corrected chi connectivity index (χ0v) is 11.8. The summed E-state index contributed by atoms with van der Waals surface area (Å²) in [6, 6.07) is 11.7. The Balaban J connectivity index is 1.94. The fraction of sp³-hybridized carbons (Fsp3) is 0.0625. The summed E-state index contributed by atoms with van der Waals surface area (Å²) < 4.78 is 19.4. The Hall–Kier alpha value is -2.33. The smallest absolute Gasteiger partial charge is 0.146 e. The van der Waals surface area contributed by atoms with Crippen molar-refractivity contribution in [1.29, 1.82) is 0 Å². The summed E-state index contributed by atoms with van der Waals surface area (Å²) >= 11 is 5.98. The van der Waals surface area contributed by atoms with Crippen LogP contribution in [-0.4, -0.2) is 4.98 Å². The lowest BCUT2D eigenvalue weighted by atomic mass is 10.1. The summed E-state index contributed by atoms with van der Waals surface area (Å²) in [7, 11) is 0. The summed E-state index contributed by atoms with van der Waals surface area (Å²) in [4.78, 5) is 4.27. The standard InChI is InChI=1S/C16H12ClFN2O/c17-12-4-1-5-13(18)11(12)9-21-15-7-6-14(19)10-3-2-8-20-16(10)15/h1-8H,9,19H2. The predicted molar refractivity (Wildman–Crippen MR) is 81.9 cm³/mol. The maximum atomic E-state index is 13.7. The fourth-order valence-corrected chi connectivity index (χ4v) is 2.32. The van der Waals surface area contributed by atoms with Crippen molar-refractivity contribution in [2.45, 2.75) is 6.61 Å². The minimum atomic E-state index is -0.393. The maximum Gasteiger partial charge on any atom is 0.146 e. The molecule has 0 aliphatic rings. The predicted octanol–water partition coefficient (Wildman–Crippen LogP) is 4.19. The van der Waals surface area contributed by atoms with Gasteiger partial charge < -0.3 is 10.5 Å². The molecule has 0 bridgehead atoms. The molecule has 0 spiro atoms. The van der Waals surface area contributed by atoms with Gasteiger partial charge in [0.1, 0.15) is 23.7 Å². The minimum absolute atomic E-state index is 0.0289. The average Bonchev–Trinajstić information content (AvgIpc) is 2.49. The van der Waals surface area contributed by atoms with Gasteiger partial charge in [-0.25, -0.2) is 4.39 Å². The summed E-state index contributed by atoms with van der Waals surface area (Å²) in [6.07, 6.45) is 1.66. The molecule has 3 nitrogen and oxygen atoms in total. The summed E-state index contributed by atoms with van der Waals surface area (Å²) in [6.45, 7) is 0.0289. The van der Waals surface area contributed by atoms with Crippen LogP contribution in [0.1, 0.15) is 5.56 Å². The number of fused-ring (bicyclic) bond motifs is 1. The number of hydrogen-bond donors (Lipinski definition) is 1. The second kappa shape index (κ2) is 5.58. The van der Waals surface area contributed by atoms with Gasteiger partial charge in [0.05, 0.1) is 5.02 Å². The number of ether oxygens (including phenoxy) is 1. The SMILES string of the molecule is Nc1ccc(OCc2c(F)cccc2Cl)c2ncccc12. The van der Waals surface area contributed by atoms with Gasteiger partial charge in [0.15, 0.2) is 0 Å². The Bertz CT molecular complexity index is 787. The van der Waals surface area contributed by atoms with E-state index in [1.807, 2.05) is 6.07 Å². The second-order valence-electron chi connectivity index (χ2n) is 4.54. The van der Waals surface area contributed by atoms with E-state index >= 15 is 0 Å². The summed E-state index contributed by atoms with van der Waals surface area (Å²) in [5, 5.41) is 1.14. The maximum absolute atomic E-state index is 13.7. The molecule has 0 aliphatic heterocycles. The number of benzene rings is 2. The largest absolute Gasteiger partial charge is 0.486 e. The number of pyridine rings is 1. The van der Waals surface area contributed by atoms with Gasteiger partial charge in [-0.15, -0.1) is 0 Å². The topological polar surface area (TPSA) is 48.1 Å². The molecule has 0 amide bonds. The molecule has 0 atom stereocenters. The van der Waals surface area contributed by atoms with Gasteiger partial charge in [0, 0.05) is 22.8 Å². The molecule has 2 aromatic carbocycles. The van der Waals surface area contributed by atoms with Gasteiger partial charge in [-0.05, 0) is 36.4 Å². The van der Waals surface area contributed by atoms with Crippen molar-refractivity contribution in [3.05, 3.63) is 65.1 Å². The van der Waals surface area contributed by atoms with E-state index in [1.54, 1.807) is 36.5 Å².